The second kappa shape index (κ2) is 10.2. The van der Waals surface area contributed by atoms with Gasteiger partial charge in [0, 0.05) is 38.3 Å². The second-order valence-electron chi connectivity index (χ2n) is 13.7. The van der Waals surface area contributed by atoms with Crippen molar-refractivity contribution < 1.29 is 8.83 Å². The highest BCUT2D eigenvalue weighted by molar-refractivity contribution is 6.15. The number of hydrogen-bond donors (Lipinski definition) is 0. The van der Waals surface area contributed by atoms with Gasteiger partial charge in [-0.05, 0) is 58.0 Å². The van der Waals surface area contributed by atoms with E-state index in [0.29, 0.717) is 17.3 Å². The summed E-state index contributed by atoms with van der Waals surface area (Å²) in [6, 6.07) is 46.6. The molecule has 0 radical (unpaired) electrons. The van der Waals surface area contributed by atoms with Crippen LogP contribution in [0.15, 0.2) is 142 Å². The molecule has 1 unspecified atom stereocenters. The largest absolute Gasteiger partial charge is 0.456 e. The molecule has 0 bridgehead atoms. The Morgan fingerprint density at radius 2 is 1.22 bits per heavy atom. The van der Waals surface area contributed by atoms with Crippen molar-refractivity contribution in [2.75, 3.05) is 0 Å². The molecule has 0 N–H and O–H groups in total. The van der Waals surface area contributed by atoms with Crippen molar-refractivity contribution in [3.05, 3.63) is 145 Å². The van der Waals surface area contributed by atoms with Crippen LogP contribution in [-0.2, 0) is 5.41 Å². The van der Waals surface area contributed by atoms with E-state index in [4.69, 9.17) is 18.8 Å². The molecule has 0 saturated heterocycles. The smallest absolute Gasteiger partial charge is 0.180 e. The molecule has 1 aliphatic rings. The van der Waals surface area contributed by atoms with E-state index in [1.165, 1.54) is 22.3 Å². The summed E-state index contributed by atoms with van der Waals surface area (Å²) in [6.45, 7) is 7.02. The van der Waals surface area contributed by atoms with Gasteiger partial charge in [0.2, 0.25) is 0 Å². The Morgan fingerprint density at radius 3 is 2.06 bits per heavy atom. The molecule has 1 atom stereocenters. The molecular weight excluding hydrogens is 601 g/mol. The summed E-state index contributed by atoms with van der Waals surface area (Å²) in [5.74, 6) is 1.07. The maximum atomic E-state index is 6.83. The number of rotatable bonds is 4. The molecule has 234 valence electrons. The predicted octanol–water partition coefficient (Wildman–Crippen LogP) is 12.2. The zero-order valence-corrected chi connectivity index (χ0v) is 27.5. The minimum atomic E-state index is -0.154. The van der Waals surface area contributed by atoms with Crippen molar-refractivity contribution in [1.82, 2.24) is 9.97 Å². The molecule has 0 spiro atoms. The molecule has 6 aromatic carbocycles. The summed E-state index contributed by atoms with van der Waals surface area (Å²) >= 11 is 0. The molecule has 3 aromatic heterocycles. The van der Waals surface area contributed by atoms with Gasteiger partial charge in [-0.3, -0.25) is 0 Å². The Morgan fingerprint density at radius 1 is 0.531 bits per heavy atom. The molecule has 49 heavy (non-hydrogen) atoms. The quantitative estimate of drug-likeness (QED) is 0.194. The van der Waals surface area contributed by atoms with Crippen molar-refractivity contribution in [2.24, 2.45) is 5.92 Å². The van der Waals surface area contributed by atoms with Crippen molar-refractivity contribution >= 4 is 44.0 Å². The highest BCUT2D eigenvalue weighted by atomic mass is 16.3. The third-order valence-corrected chi connectivity index (χ3v) is 10.8. The number of nitrogens with zero attached hydrogens (tertiary/aromatic N) is 2. The lowest BCUT2D eigenvalue weighted by Gasteiger charge is -2.31. The van der Waals surface area contributed by atoms with Crippen LogP contribution in [0, 0.1) is 5.92 Å². The normalized spacial score (nSPS) is 15.5. The van der Waals surface area contributed by atoms with Gasteiger partial charge in [-0.1, -0.05) is 130 Å². The minimum absolute atomic E-state index is 0.154. The molecule has 0 aliphatic heterocycles. The molecule has 3 heterocycles. The Kier molecular flexibility index (Phi) is 5.87. The van der Waals surface area contributed by atoms with Crippen molar-refractivity contribution in [3.8, 4) is 44.9 Å². The number of para-hydroxylation sites is 1. The van der Waals surface area contributed by atoms with Gasteiger partial charge in [0.15, 0.2) is 11.4 Å². The lowest BCUT2D eigenvalue weighted by Crippen LogP contribution is -2.27. The number of aromatic nitrogens is 2. The van der Waals surface area contributed by atoms with Gasteiger partial charge in [-0.2, -0.15) is 0 Å². The van der Waals surface area contributed by atoms with Gasteiger partial charge >= 0.3 is 0 Å². The maximum absolute atomic E-state index is 6.83. The third kappa shape index (κ3) is 3.92. The van der Waals surface area contributed by atoms with E-state index in [2.05, 4.69) is 106 Å². The van der Waals surface area contributed by atoms with E-state index >= 15 is 0 Å². The molecule has 4 heteroatoms. The number of fused-ring (bicyclic) bond motifs is 10. The van der Waals surface area contributed by atoms with E-state index in [1.54, 1.807) is 0 Å². The lowest BCUT2D eigenvalue weighted by atomic mass is 9.71. The first-order valence-electron chi connectivity index (χ1n) is 16.9. The van der Waals surface area contributed by atoms with Gasteiger partial charge in [0.05, 0.1) is 0 Å². The van der Waals surface area contributed by atoms with Gasteiger partial charge in [0.25, 0.3) is 0 Å². The third-order valence-electron chi connectivity index (χ3n) is 10.8. The molecular formula is C45H32N2O2. The molecule has 0 amide bonds. The van der Waals surface area contributed by atoms with E-state index in [0.717, 1.165) is 66.4 Å². The van der Waals surface area contributed by atoms with Gasteiger partial charge in [-0.15, -0.1) is 0 Å². The van der Waals surface area contributed by atoms with Crippen LogP contribution in [0.25, 0.3) is 88.9 Å². The van der Waals surface area contributed by atoms with Gasteiger partial charge in [0.1, 0.15) is 28.0 Å². The van der Waals surface area contributed by atoms with Crippen molar-refractivity contribution in [1.29, 1.82) is 0 Å². The van der Waals surface area contributed by atoms with Gasteiger partial charge < -0.3 is 8.83 Å². The molecule has 0 fully saturated rings. The molecule has 4 nitrogen and oxygen atoms in total. The summed E-state index contributed by atoms with van der Waals surface area (Å²) in [7, 11) is 0. The van der Waals surface area contributed by atoms with Crippen LogP contribution >= 0.6 is 0 Å². The first-order chi connectivity index (χ1) is 24.0. The fraction of sp³-hybridized carbons (Fsp3) is 0.111. The Bertz CT molecular complexity index is 2750. The first kappa shape index (κ1) is 28.1. The zero-order chi connectivity index (χ0) is 32.9. The van der Waals surface area contributed by atoms with Crippen molar-refractivity contribution in [3.63, 3.8) is 0 Å². The monoisotopic (exact) mass is 632 g/mol. The number of benzene rings is 6. The maximum Gasteiger partial charge on any atom is 0.180 e. The Hall–Kier alpha value is -6.00. The number of hydrogen-bond acceptors (Lipinski definition) is 4. The highest BCUT2D eigenvalue weighted by Crippen LogP contribution is 2.56. The summed E-state index contributed by atoms with van der Waals surface area (Å²) in [6.07, 6.45) is 0. The van der Waals surface area contributed by atoms with Crippen LogP contribution in [0.5, 0.6) is 0 Å². The van der Waals surface area contributed by atoms with Crippen molar-refractivity contribution in [2.45, 2.75) is 26.2 Å². The average molecular weight is 633 g/mol. The Balaban J connectivity index is 1.14. The highest BCUT2D eigenvalue weighted by Gasteiger charge is 2.44. The van der Waals surface area contributed by atoms with Crippen LogP contribution in [0.4, 0.5) is 0 Å². The molecule has 9 aromatic rings. The fourth-order valence-corrected chi connectivity index (χ4v) is 8.09. The molecule has 10 rings (SSSR count). The summed E-state index contributed by atoms with van der Waals surface area (Å²) < 4.78 is 13.2. The van der Waals surface area contributed by atoms with E-state index in [9.17, 15) is 0 Å². The standard InChI is InChI=1S/C45H32N2O2/c1-26(2)45(3)35-17-9-7-14-31(35)32-24-25-34-38-30(16-11-19-37(38)49-42(34)39(32)45)27-20-22-28(23-21-27)40-43-41(33-15-8-10-18-36(33)48-43)47-44(46-40)29-12-5-4-6-13-29/h4-26H,1-3H3. The van der Waals surface area contributed by atoms with Crippen LogP contribution in [0.2, 0.25) is 0 Å². The van der Waals surface area contributed by atoms with Crippen LogP contribution < -0.4 is 0 Å². The van der Waals surface area contributed by atoms with E-state index < -0.39 is 0 Å². The SMILES string of the molecule is CC(C)C1(C)c2ccccc2-c2ccc3c(oc4cccc(-c5ccc(-c6nc(-c7ccccc7)nc7c6oc6ccccc67)cc5)c43)c21. The predicted molar refractivity (Wildman–Crippen MR) is 200 cm³/mol. The molecule has 1 aliphatic carbocycles. The summed E-state index contributed by atoms with van der Waals surface area (Å²) in [4.78, 5) is 10.1. The second-order valence-corrected chi connectivity index (χ2v) is 13.7. The minimum Gasteiger partial charge on any atom is -0.456 e. The van der Waals surface area contributed by atoms with Crippen LogP contribution in [0.1, 0.15) is 31.9 Å². The van der Waals surface area contributed by atoms with Gasteiger partial charge in [-0.25, -0.2) is 9.97 Å². The molecule has 0 saturated carbocycles. The summed E-state index contributed by atoms with van der Waals surface area (Å²) in [5.41, 5.74) is 14.3. The Labute approximate surface area is 283 Å². The van der Waals surface area contributed by atoms with Crippen LogP contribution in [0.3, 0.4) is 0 Å². The summed E-state index contributed by atoms with van der Waals surface area (Å²) in [5, 5.41) is 3.28. The topological polar surface area (TPSA) is 52.1 Å². The van der Waals surface area contributed by atoms with E-state index in [1.807, 2.05) is 48.5 Å². The average Bonchev–Trinajstić information content (AvgIpc) is 3.80. The zero-order valence-electron chi connectivity index (χ0n) is 27.5. The lowest BCUT2D eigenvalue weighted by molar-refractivity contribution is 0.413. The van der Waals surface area contributed by atoms with Crippen LogP contribution in [-0.4, -0.2) is 9.97 Å². The van der Waals surface area contributed by atoms with E-state index in [-0.39, 0.29) is 5.41 Å². The number of furan rings is 2. The fourth-order valence-electron chi connectivity index (χ4n) is 8.09. The first-order valence-corrected chi connectivity index (χ1v) is 16.9.